The number of allylic oxidation sites excluding steroid dienone is 2. The van der Waals surface area contributed by atoms with Crippen molar-refractivity contribution < 1.29 is 22.6 Å². The molecule has 2 aliphatic rings. The maximum absolute atomic E-state index is 14.6. The van der Waals surface area contributed by atoms with Gasteiger partial charge in [-0.3, -0.25) is 0 Å². The van der Waals surface area contributed by atoms with Crippen LogP contribution in [0.15, 0.2) is 35.5 Å². The molecule has 1 atom stereocenters. The van der Waals surface area contributed by atoms with Crippen molar-refractivity contribution >= 4 is 0 Å². The summed E-state index contributed by atoms with van der Waals surface area (Å²) in [4.78, 5) is 0. The van der Waals surface area contributed by atoms with Gasteiger partial charge in [-0.15, -0.1) is 0 Å². The van der Waals surface area contributed by atoms with Crippen molar-refractivity contribution in [3.8, 4) is 5.75 Å². The van der Waals surface area contributed by atoms with Crippen molar-refractivity contribution in [2.24, 2.45) is 11.7 Å². The van der Waals surface area contributed by atoms with Crippen LogP contribution in [0.2, 0.25) is 0 Å². The van der Waals surface area contributed by atoms with E-state index in [2.05, 4.69) is 5.32 Å². The number of nitrogens with one attached hydrogen (secondary N) is 1. The largest absolute Gasteiger partial charge is 0.499 e. The Morgan fingerprint density at radius 3 is 2.62 bits per heavy atom. The van der Waals surface area contributed by atoms with Crippen LogP contribution in [-0.4, -0.2) is 26.3 Å². The van der Waals surface area contributed by atoms with E-state index in [-0.39, 0.29) is 35.6 Å². The van der Waals surface area contributed by atoms with Gasteiger partial charge >= 0.3 is 0 Å². The van der Waals surface area contributed by atoms with Crippen LogP contribution < -0.4 is 15.8 Å². The van der Waals surface area contributed by atoms with Crippen LogP contribution in [0.5, 0.6) is 5.75 Å². The van der Waals surface area contributed by atoms with Crippen molar-refractivity contribution in [2.45, 2.75) is 31.2 Å². The minimum atomic E-state index is -0.999. The van der Waals surface area contributed by atoms with Crippen LogP contribution >= 0.6 is 0 Å². The Bertz CT molecular complexity index is 759. The number of hydrogen-bond donors (Lipinski definition) is 2. The van der Waals surface area contributed by atoms with E-state index in [4.69, 9.17) is 15.2 Å². The van der Waals surface area contributed by atoms with Crippen LogP contribution in [0.25, 0.3) is 0 Å². The predicted molar refractivity (Wildman–Crippen MR) is 92.1 cm³/mol. The van der Waals surface area contributed by atoms with Crippen LogP contribution in [0.4, 0.5) is 13.2 Å². The fourth-order valence-corrected chi connectivity index (χ4v) is 3.22. The fourth-order valence-electron chi connectivity index (χ4n) is 3.22. The molecule has 3 rings (SSSR count). The molecule has 142 valence electrons. The summed E-state index contributed by atoms with van der Waals surface area (Å²) >= 11 is 0. The Hall–Kier alpha value is -2.15. The SMILES string of the molecule is CNC1(Cc2c(OCC3CC3)ccc(F)c2F)CC(N)=C(F)C=C1OC. The predicted octanol–water partition coefficient (Wildman–Crippen LogP) is 3.33. The summed E-state index contributed by atoms with van der Waals surface area (Å²) in [5.41, 5.74) is 4.89. The van der Waals surface area contributed by atoms with Gasteiger partial charge in [0, 0.05) is 30.2 Å². The molecule has 1 aromatic carbocycles. The van der Waals surface area contributed by atoms with Gasteiger partial charge in [0.25, 0.3) is 0 Å². The third-order valence-electron chi connectivity index (χ3n) is 5.03. The highest BCUT2D eigenvalue weighted by molar-refractivity contribution is 5.42. The Labute approximate surface area is 150 Å². The van der Waals surface area contributed by atoms with Gasteiger partial charge in [-0.05, 0) is 37.9 Å². The van der Waals surface area contributed by atoms with E-state index in [9.17, 15) is 13.2 Å². The number of halogens is 3. The highest BCUT2D eigenvalue weighted by atomic mass is 19.2. The van der Waals surface area contributed by atoms with Crippen molar-refractivity contribution in [1.29, 1.82) is 0 Å². The first-order chi connectivity index (χ1) is 12.4. The molecule has 0 amide bonds. The van der Waals surface area contributed by atoms with Gasteiger partial charge in [-0.25, -0.2) is 13.2 Å². The van der Waals surface area contributed by atoms with Crippen LogP contribution in [-0.2, 0) is 11.2 Å². The van der Waals surface area contributed by atoms with E-state index in [1.807, 2.05) is 0 Å². The first-order valence-electron chi connectivity index (χ1n) is 8.59. The zero-order valence-electron chi connectivity index (χ0n) is 14.9. The third-order valence-corrected chi connectivity index (χ3v) is 5.03. The highest BCUT2D eigenvalue weighted by Crippen LogP contribution is 2.38. The lowest BCUT2D eigenvalue weighted by Crippen LogP contribution is -2.50. The quantitative estimate of drug-likeness (QED) is 0.775. The molecular weight excluding hydrogens is 345 g/mol. The third kappa shape index (κ3) is 3.53. The van der Waals surface area contributed by atoms with E-state index >= 15 is 0 Å². The van der Waals surface area contributed by atoms with E-state index in [1.54, 1.807) is 7.05 Å². The molecule has 7 heteroatoms. The lowest BCUT2D eigenvalue weighted by Gasteiger charge is -2.37. The van der Waals surface area contributed by atoms with Crippen LogP contribution in [0, 0.1) is 17.6 Å². The first kappa shape index (κ1) is 18.6. The molecular formula is C19H23F3N2O2. The molecule has 1 aromatic rings. The molecule has 26 heavy (non-hydrogen) atoms. The summed E-state index contributed by atoms with van der Waals surface area (Å²) < 4.78 is 53.4. The molecule has 4 nitrogen and oxygen atoms in total. The normalized spacial score (nSPS) is 23.0. The zero-order valence-corrected chi connectivity index (χ0v) is 14.9. The molecule has 0 aliphatic heterocycles. The van der Waals surface area contributed by atoms with Crippen LogP contribution in [0.3, 0.4) is 0 Å². The fraction of sp³-hybridized carbons (Fsp3) is 0.474. The molecule has 3 N–H and O–H groups in total. The average Bonchev–Trinajstić information content (AvgIpc) is 3.45. The molecule has 1 fully saturated rings. The number of methoxy groups -OCH3 is 1. The molecule has 1 saturated carbocycles. The number of ether oxygens (including phenoxy) is 2. The number of rotatable bonds is 7. The maximum Gasteiger partial charge on any atom is 0.165 e. The summed E-state index contributed by atoms with van der Waals surface area (Å²) in [7, 11) is 3.05. The summed E-state index contributed by atoms with van der Waals surface area (Å²) in [6, 6.07) is 2.48. The summed E-state index contributed by atoms with van der Waals surface area (Å²) in [5.74, 6) is -1.50. The van der Waals surface area contributed by atoms with Gasteiger partial charge in [-0.1, -0.05) is 0 Å². The second-order valence-electron chi connectivity index (χ2n) is 6.86. The van der Waals surface area contributed by atoms with Gasteiger partial charge in [-0.2, -0.15) is 0 Å². The monoisotopic (exact) mass is 368 g/mol. The Morgan fingerprint density at radius 2 is 2.00 bits per heavy atom. The molecule has 0 saturated heterocycles. The van der Waals surface area contributed by atoms with E-state index in [0.29, 0.717) is 12.5 Å². The lowest BCUT2D eigenvalue weighted by atomic mass is 9.81. The number of nitrogens with two attached hydrogens (primary N) is 1. The van der Waals surface area contributed by atoms with Gasteiger partial charge < -0.3 is 20.5 Å². The average molecular weight is 368 g/mol. The van der Waals surface area contributed by atoms with Crippen molar-refractivity contribution in [3.05, 3.63) is 52.7 Å². The van der Waals surface area contributed by atoms with E-state index in [0.717, 1.165) is 18.9 Å². The number of hydrogen-bond acceptors (Lipinski definition) is 4. The van der Waals surface area contributed by atoms with Gasteiger partial charge in [0.1, 0.15) is 17.3 Å². The minimum absolute atomic E-state index is 0.000741. The number of benzene rings is 1. The van der Waals surface area contributed by atoms with Crippen LogP contribution in [0.1, 0.15) is 24.8 Å². The smallest absolute Gasteiger partial charge is 0.165 e. The molecule has 0 aromatic heterocycles. The summed E-state index contributed by atoms with van der Waals surface area (Å²) in [6.45, 7) is 0.467. The van der Waals surface area contributed by atoms with Gasteiger partial charge in [0.05, 0.1) is 19.3 Å². The van der Waals surface area contributed by atoms with E-state index < -0.39 is 23.0 Å². The molecule has 1 unspecified atom stereocenters. The standard InChI is InChI=1S/C19H23F3N2O2/c1-24-19(9-15(23)14(21)7-17(19)25-2)8-12-16(26-10-11-3-4-11)6-5-13(20)18(12)22/h5-7,11,24H,3-4,8-10,23H2,1-2H3. The van der Waals surface area contributed by atoms with Crippen molar-refractivity contribution in [3.63, 3.8) is 0 Å². The maximum atomic E-state index is 14.6. The second-order valence-corrected chi connectivity index (χ2v) is 6.86. The molecule has 0 heterocycles. The summed E-state index contributed by atoms with van der Waals surface area (Å²) in [6.07, 6.45) is 3.40. The zero-order chi connectivity index (χ0) is 18.9. The molecule has 0 spiro atoms. The molecule has 0 bridgehead atoms. The van der Waals surface area contributed by atoms with Crippen molar-refractivity contribution in [2.75, 3.05) is 20.8 Å². The Kier molecular flexibility index (Phi) is 5.18. The summed E-state index contributed by atoms with van der Waals surface area (Å²) in [5, 5.41) is 3.05. The Balaban J connectivity index is 1.97. The highest BCUT2D eigenvalue weighted by Gasteiger charge is 2.40. The number of likely N-dealkylation sites (N-methyl/N-ethyl adjacent to an activating group) is 1. The Morgan fingerprint density at radius 1 is 1.27 bits per heavy atom. The van der Waals surface area contributed by atoms with Crippen molar-refractivity contribution in [1.82, 2.24) is 5.32 Å². The van der Waals surface area contributed by atoms with E-state index in [1.165, 1.54) is 19.3 Å². The lowest BCUT2D eigenvalue weighted by molar-refractivity contribution is 0.187. The van der Waals surface area contributed by atoms with Gasteiger partial charge in [0.2, 0.25) is 0 Å². The topological polar surface area (TPSA) is 56.5 Å². The first-order valence-corrected chi connectivity index (χ1v) is 8.59. The molecule has 2 aliphatic carbocycles. The van der Waals surface area contributed by atoms with Gasteiger partial charge in [0.15, 0.2) is 11.6 Å². The molecule has 0 radical (unpaired) electrons. The second kappa shape index (κ2) is 7.23. The minimum Gasteiger partial charge on any atom is -0.499 e.